The predicted octanol–water partition coefficient (Wildman–Crippen LogP) is 5.41. The molecule has 0 saturated carbocycles. The molecule has 3 heterocycles. The van der Waals surface area contributed by atoms with Crippen LogP contribution in [0.5, 0.6) is 0 Å². The molecule has 1 aliphatic heterocycles. The number of unbranched alkanes of at least 4 members (excludes halogenated alkanes) is 2. The zero-order valence-corrected chi connectivity index (χ0v) is 21.1. The number of halogens is 1. The molecule has 0 spiro atoms. The van der Waals surface area contributed by atoms with Crippen molar-refractivity contribution in [3.05, 3.63) is 60.2 Å². The quantitative estimate of drug-likeness (QED) is 0.272. The molecule has 35 heavy (non-hydrogen) atoms. The Morgan fingerprint density at radius 1 is 1.14 bits per heavy atom. The van der Waals surface area contributed by atoms with Gasteiger partial charge in [0, 0.05) is 23.8 Å². The van der Waals surface area contributed by atoms with E-state index in [0.717, 1.165) is 19.3 Å². The number of benzene rings is 1. The number of ether oxygens (including phenoxy) is 2. The highest BCUT2D eigenvalue weighted by Crippen LogP contribution is 2.36. The maximum absolute atomic E-state index is 14.2. The normalized spacial score (nSPS) is 17.5. The molecular weight excluding hydrogens is 473 g/mol. The van der Waals surface area contributed by atoms with Crippen molar-refractivity contribution in [1.29, 1.82) is 0 Å². The lowest BCUT2D eigenvalue weighted by Gasteiger charge is -2.27. The molecule has 4 rings (SSSR count). The van der Waals surface area contributed by atoms with Crippen molar-refractivity contribution in [3.63, 3.8) is 0 Å². The fourth-order valence-electron chi connectivity index (χ4n) is 3.94. The molecule has 1 fully saturated rings. The Morgan fingerprint density at radius 3 is 2.60 bits per heavy atom. The van der Waals surface area contributed by atoms with Crippen LogP contribution in [-0.4, -0.2) is 32.7 Å². The summed E-state index contributed by atoms with van der Waals surface area (Å²) in [4.78, 5) is 4.39. The molecule has 1 N–H and O–H groups in total. The van der Waals surface area contributed by atoms with Gasteiger partial charge in [0.1, 0.15) is 28.6 Å². The van der Waals surface area contributed by atoms with Crippen LogP contribution in [0, 0.1) is 5.82 Å². The summed E-state index contributed by atoms with van der Waals surface area (Å²) >= 11 is -1.33. The van der Waals surface area contributed by atoms with Crippen LogP contribution in [0.4, 0.5) is 4.39 Å². The summed E-state index contributed by atoms with van der Waals surface area (Å²) < 4.78 is 52.4. The van der Waals surface area contributed by atoms with Crippen molar-refractivity contribution in [2.75, 3.05) is 13.2 Å². The minimum absolute atomic E-state index is 0.344. The van der Waals surface area contributed by atoms with Gasteiger partial charge in [0.05, 0.1) is 25.0 Å². The lowest BCUT2D eigenvalue weighted by Crippen LogP contribution is -2.41. The van der Waals surface area contributed by atoms with E-state index in [0.29, 0.717) is 49.0 Å². The van der Waals surface area contributed by atoms with Gasteiger partial charge in [-0.05, 0) is 45.7 Å². The van der Waals surface area contributed by atoms with Crippen molar-refractivity contribution < 1.29 is 27.4 Å². The van der Waals surface area contributed by atoms with E-state index in [4.69, 9.17) is 18.4 Å². The third kappa shape index (κ3) is 6.31. The molecule has 1 aromatic carbocycles. The van der Waals surface area contributed by atoms with E-state index in [1.54, 1.807) is 24.3 Å². The van der Waals surface area contributed by atoms with Gasteiger partial charge in [-0.15, -0.1) is 4.72 Å². The second kappa shape index (κ2) is 11.2. The van der Waals surface area contributed by atoms with Crippen LogP contribution in [0.3, 0.4) is 0 Å². The standard InChI is InChI=1S/C25H32FN3O5S/c1-24(2,3)35(30)29-20(23-27-17-21(34-23)18-9-6-7-10-19(18)26)11-5-4-8-13-25(31-15-16-32-25)22-12-14-33-28-22/h6-7,9-10,12,14,17,20,29H,4-5,8,11,13,15-16H2,1-3H3. The number of nitrogens with one attached hydrogen (secondary N) is 1. The first-order chi connectivity index (χ1) is 16.8. The molecule has 1 aliphatic rings. The van der Waals surface area contributed by atoms with Crippen molar-refractivity contribution in [2.24, 2.45) is 0 Å². The van der Waals surface area contributed by atoms with E-state index < -0.39 is 21.9 Å². The second-order valence-corrected chi connectivity index (χ2v) is 11.5. The molecule has 8 nitrogen and oxygen atoms in total. The van der Waals surface area contributed by atoms with Crippen molar-refractivity contribution >= 4 is 11.4 Å². The summed E-state index contributed by atoms with van der Waals surface area (Å²) in [6.07, 6.45) is 6.88. The number of hydrogen-bond donors (Lipinski definition) is 1. The first-order valence-corrected chi connectivity index (χ1v) is 13.0. The highest BCUT2D eigenvalue weighted by molar-refractivity contribution is 7.90. The minimum Gasteiger partial charge on any atom is -0.598 e. The highest BCUT2D eigenvalue weighted by Gasteiger charge is 2.40. The largest absolute Gasteiger partial charge is 0.598 e. The summed E-state index contributed by atoms with van der Waals surface area (Å²) in [7, 11) is 0. The molecule has 3 aromatic rings. The minimum atomic E-state index is -1.33. The predicted molar refractivity (Wildman–Crippen MR) is 129 cm³/mol. The second-order valence-electron chi connectivity index (χ2n) is 9.53. The van der Waals surface area contributed by atoms with Crippen LogP contribution in [0.2, 0.25) is 0 Å². The Labute approximate surface area is 207 Å². The number of rotatable bonds is 11. The van der Waals surface area contributed by atoms with Gasteiger partial charge in [0.15, 0.2) is 5.76 Å². The maximum atomic E-state index is 14.2. The Bertz CT molecular complexity index is 1060. The van der Waals surface area contributed by atoms with E-state index in [-0.39, 0.29) is 11.9 Å². The molecule has 10 heteroatoms. The lowest BCUT2D eigenvalue weighted by molar-refractivity contribution is -0.175. The maximum Gasteiger partial charge on any atom is 0.216 e. The van der Waals surface area contributed by atoms with Gasteiger partial charge in [0.25, 0.3) is 0 Å². The number of aromatic nitrogens is 2. The fourth-order valence-corrected chi connectivity index (χ4v) is 4.77. The first-order valence-electron chi connectivity index (χ1n) is 11.9. The van der Waals surface area contributed by atoms with Crippen LogP contribution < -0.4 is 4.72 Å². The Balaban J connectivity index is 1.39. The van der Waals surface area contributed by atoms with Gasteiger partial charge >= 0.3 is 0 Å². The van der Waals surface area contributed by atoms with Gasteiger partial charge in [-0.3, -0.25) is 0 Å². The van der Waals surface area contributed by atoms with E-state index in [9.17, 15) is 8.94 Å². The number of hydrogen-bond acceptors (Lipinski definition) is 8. The topological polar surface area (TPSA) is 106 Å². The van der Waals surface area contributed by atoms with Gasteiger partial charge in [-0.1, -0.05) is 30.1 Å². The molecule has 190 valence electrons. The molecule has 0 aliphatic carbocycles. The fraction of sp³-hybridized carbons (Fsp3) is 0.520. The number of oxazole rings is 1. The van der Waals surface area contributed by atoms with Crippen LogP contribution in [-0.2, 0) is 26.6 Å². The summed E-state index contributed by atoms with van der Waals surface area (Å²) in [6, 6.07) is 7.79. The van der Waals surface area contributed by atoms with Gasteiger partial charge in [-0.25, -0.2) is 9.37 Å². The molecule has 1 saturated heterocycles. The van der Waals surface area contributed by atoms with E-state index >= 15 is 0 Å². The third-order valence-electron chi connectivity index (χ3n) is 5.85. The SMILES string of the molecule is CC(C)(C)[S+]([O-])NC(CCCCCC1(c2ccon2)OCCO1)c1ncc(-c2ccccc2F)o1. The van der Waals surface area contributed by atoms with Crippen molar-refractivity contribution in [3.8, 4) is 11.3 Å². The molecule has 2 atom stereocenters. The monoisotopic (exact) mass is 505 g/mol. The summed E-state index contributed by atoms with van der Waals surface area (Å²) in [6.45, 7) is 6.74. The summed E-state index contributed by atoms with van der Waals surface area (Å²) in [5, 5.41) is 4.01. The summed E-state index contributed by atoms with van der Waals surface area (Å²) in [5.41, 5.74) is 0.993. The lowest BCUT2D eigenvalue weighted by atomic mass is 10.0. The Kier molecular flexibility index (Phi) is 8.28. The molecule has 0 amide bonds. The highest BCUT2D eigenvalue weighted by atomic mass is 32.2. The molecule has 2 aromatic heterocycles. The first kappa shape index (κ1) is 25.8. The zero-order chi connectivity index (χ0) is 24.9. The molecule has 0 radical (unpaired) electrons. The third-order valence-corrected chi connectivity index (χ3v) is 7.46. The van der Waals surface area contributed by atoms with Crippen LogP contribution in [0.1, 0.15) is 70.5 Å². The molecule has 0 bridgehead atoms. The van der Waals surface area contributed by atoms with Crippen molar-refractivity contribution in [1.82, 2.24) is 14.9 Å². The Morgan fingerprint density at radius 2 is 1.91 bits per heavy atom. The van der Waals surface area contributed by atoms with Gasteiger partial charge in [0.2, 0.25) is 11.7 Å². The summed E-state index contributed by atoms with van der Waals surface area (Å²) in [5.74, 6) is -0.496. The molecular formula is C25H32FN3O5S. The number of nitrogens with zero attached hydrogens (tertiary/aromatic N) is 2. The molecule has 2 unspecified atom stereocenters. The smallest absolute Gasteiger partial charge is 0.216 e. The average Bonchev–Trinajstić information content (AvgIpc) is 3.60. The Hall–Kier alpha value is -2.24. The van der Waals surface area contributed by atoms with Crippen LogP contribution in [0.15, 0.2) is 51.7 Å². The van der Waals surface area contributed by atoms with E-state index in [1.165, 1.54) is 18.5 Å². The van der Waals surface area contributed by atoms with E-state index in [1.807, 2.05) is 20.8 Å². The van der Waals surface area contributed by atoms with Crippen LogP contribution >= 0.6 is 0 Å². The van der Waals surface area contributed by atoms with Crippen molar-refractivity contribution in [2.45, 2.75) is 69.5 Å². The van der Waals surface area contributed by atoms with E-state index in [2.05, 4.69) is 14.9 Å². The van der Waals surface area contributed by atoms with Gasteiger partial charge < -0.3 is 23.0 Å². The van der Waals surface area contributed by atoms with Gasteiger partial charge in [-0.2, -0.15) is 0 Å². The average molecular weight is 506 g/mol. The zero-order valence-electron chi connectivity index (χ0n) is 20.3. The van der Waals surface area contributed by atoms with Crippen LogP contribution in [0.25, 0.3) is 11.3 Å².